The average Bonchev–Trinajstić information content (AvgIpc) is 2.02. The van der Waals surface area contributed by atoms with Gasteiger partial charge in [0.25, 0.3) is 0 Å². The number of unbranched alkanes of at least 4 members (excludes halogenated alkanes) is 5. The predicted molar refractivity (Wildman–Crippen MR) is 43.4 cm³/mol. The van der Waals surface area contributed by atoms with Gasteiger partial charge in [-0.3, -0.25) is 0 Å². The second kappa shape index (κ2) is 37.7. The maximum absolute atomic E-state index is 8.75. The van der Waals surface area contributed by atoms with E-state index >= 15 is 0 Å². The number of rotatable bonds is 5. The molecule has 0 saturated carbocycles. The van der Waals surface area contributed by atoms with Crippen molar-refractivity contribution in [3.8, 4) is 0 Å². The molecule has 0 aromatic carbocycles. The van der Waals surface area contributed by atoms with Gasteiger partial charge in [0, 0.05) is 0 Å². The van der Waals surface area contributed by atoms with E-state index in [0.29, 0.717) is 0 Å². The fourth-order valence-electron chi connectivity index (χ4n) is 0.854. The monoisotopic (exact) mass is 382 g/mol. The summed E-state index contributed by atoms with van der Waals surface area (Å²) in [6.07, 6.45) is 8.49. The minimum absolute atomic E-state index is 0. The molecule has 0 saturated heterocycles. The molecule has 0 rings (SSSR count). The van der Waals surface area contributed by atoms with Crippen molar-refractivity contribution in [1.29, 1.82) is 0 Å². The number of hydrogen-bond donors (Lipinski definition) is 0. The number of hydrogen-bond acceptors (Lipinski definition) is 0. The standard InChI is InChI=1S/C8H18.CF.3BrH/c1-3-5-7-8-6-4-2;1-2;;;/h3-8H2,1-2H3;;3*1H/q;+3;;;/p-3. The van der Waals surface area contributed by atoms with Crippen LogP contribution in [0.3, 0.4) is 0 Å². The number of halogens is 4. The maximum atomic E-state index is 8.75. The zero-order chi connectivity index (χ0) is 8.24. The third-order valence-electron chi connectivity index (χ3n) is 1.46. The first-order chi connectivity index (χ1) is 4.91. The van der Waals surface area contributed by atoms with Crippen LogP contribution in [0, 0.1) is 7.18 Å². The molecule has 0 aliphatic carbocycles. The van der Waals surface area contributed by atoms with E-state index in [2.05, 4.69) is 21.0 Å². The summed E-state index contributed by atoms with van der Waals surface area (Å²) in [4.78, 5) is 0. The van der Waals surface area contributed by atoms with Gasteiger partial charge in [-0.2, -0.15) is 0 Å². The van der Waals surface area contributed by atoms with Crippen LogP contribution in [-0.2, 0) is 0 Å². The summed E-state index contributed by atoms with van der Waals surface area (Å²) >= 11 is 0. The normalized spacial score (nSPS) is 6.54. The van der Waals surface area contributed by atoms with Gasteiger partial charge in [-0.15, -0.1) is 0 Å². The molecule has 82 valence electrons. The molecule has 4 heteroatoms. The summed E-state index contributed by atoms with van der Waals surface area (Å²) in [5.74, 6) is 0. The van der Waals surface area contributed by atoms with Crippen LogP contribution < -0.4 is 50.9 Å². The van der Waals surface area contributed by atoms with Crippen molar-refractivity contribution in [2.45, 2.75) is 52.4 Å². The van der Waals surface area contributed by atoms with Crippen LogP contribution in [0.1, 0.15) is 52.4 Å². The SMILES string of the molecule is CCCCCCCC.[Br-].[Br-].[Br-].[C+3]F. The Morgan fingerprint density at radius 1 is 0.692 bits per heavy atom. The first kappa shape index (κ1) is 29.3. The van der Waals surface area contributed by atoms with Crippen LogP contribution in [0.4, 0.5) is 4.39 Å². The molecule has 0 N–H and O–H groups in total. The molecular formula is C9H18Br3F. The van der Waals surface area contributed by atoms with E-state index in [1.54, 1.807) is 0 Å². The Labute approximate surface area is 114 Å². The summed E-state index contributed by atoms with van der Waals surface area (Å²) in [5, 5.41) is 0. The predicted octanol–water partition coefficient (Wildman–Crippen LogP) is -5.12. The third-order valence-corrected chi connectivity index (χ3v) is 1.46. The van der Waals surface area contributed by atoms with Crippen LogP contribution >= 0.6 is 0 Å². The van der Waals surface area contributed by atoms with Gasteiger partial charge in [-0.1, -0.05) is 52.4 Å². The van der Waals surface area contributed by atoms with Crippen molar-refractivity contribution in [2.24, 2.45) is 0 Å². The van der Waals surface area contributed by atoms with E-state index in [1.165, 1.54) is 38.5 Å². The van der Waals surface area contributed by atoms with Crippen molar-refractivity contribution in [3.05, 3.63) is 7.18 Å². The molecule has 13 heavy (non-hydrogen) atoms. The van der Waals surface area contributed by atoms with Crippen molar-refractivity contribution in [1.82, 2.24) is 0 Å². The Morgan fingerprint density at radius 3 is 1.08 bits per heavy atom. The molecule has 0 fully saturated rings. The van der Waals surface area contributed by atoms with E-state index in [1.807, 2.05) is 0 Å². The molecule has 0 aliphatic heterocycles. The quantitative estimate of drug-likeness (QED) is 0.416. The van der Waals surface area contributed by atoms with Gasteiger partial charge >= 0.3 is 11.6 Å². The van der Waals surface area contributed by atoms with Crippen LogP contribution in [0.2, 0.25) is 0 Å². The molecule has 0 aliphatic rings. The molecular weight excluding hydrogens is 367 g/mol. The Balaban J connectivity index is -0.0000000398. The fourth-order valence-corrected chi connectivity index (χ4v) is 0.854. The average molecular weight is 385 g/mol. The van der Waals surface area contributed by atoms with Crippen LogP contribution in [0.15, 0.2) is 0 Å². The Bertz CT molecular complexity index is 39.8. The summed E-state index contributed by atoms with van der Waals surface area (Å²) in [6, 6.07) is 0. The van der Waals surface area contributed by atoms with Gasteiger partial charge in [0.15, 0.2) is 0 Å². The molecule has 0 bridgehead atoms. The van der Waals surface area contributed by atoms with Gasteiger partial charge in [0.2, 0.25) is 0 Å². The van der Waals surface area contributed by atoms with E-state index in [-0.39, 0.29) is 50.9 Å². The van der Waals surface area contributed by atoms with Gasteiger partial charge in [-0.05, 0) is 0 Å². The second-order valence-corrected chi connectivity index (χ2v) is 2.41. The topological polar surface area (TPSA) is 0 Å². The molecule has 0 unspecified atom stereocenters. The Kier molecular flexibility index (Phi) is 84.8. The van der Waals surface area contributed by atoms with Crippen molar-refractivity contribution < 1.29 is 55.3 Å². The summed E-state index contributed by atoms with van der Waals surface area (Å²) in [7, 11) is 4.25. The molecule has 0 spiro atoms. The summed E-state index contributed by atoms with van der Waals surface area (Å²) in [5.41, 5.74) is 0. The Hall–Kier alpha value is 1.37. The van der Waals surface area contributed by atoms with Crippen LogP contribution in [0.5, 0.6) is 0 Å². The molecule has 0 radical (unpaired) electrons. The third kappa shape index (κ3) is 42.6. The summed E-state index contributed by atoms with van der Waals surface area (Å²) < 4.78 is 8.75. The zero-order valence-corrected chi connectivity index (χ0v) is 13.0. The summed E-state index contributed by atoms with van der Waals surface area (Å²) in [6.45, 7) is 4.51. The molecule has 0 aromatic heterocycles. The zero-order valence-electron chi connectivity index (χ0n) is 8.25. The van der Waals surface area contributed by atoms with E-state index in [9.17, 15) is 0 Å². The van der Waals surface area contributed by atoms with Crippen molar-refractivity contribution in [3.63, 3.8) is 0 Å². The van der Waals surface area contributed by atoms with Crippen LogP contribution in [0.25, 0.3) is 0 Å². The Morgan fingerprint density at radius 2 is 0.923 bits per heavy atom. The van der Waals surface area contributed by atoms with Crippen molar-refractivity contribution in [2.75, 3.05) is 0 Å². The minimum atomic E-state index is 0. The second-order valence-electron chi connectivity index (χ2n) is 2.41. The van der Waals surface area contributed by atoms with Gasteiger partial charge in [0.1, 0.15) is 0 Å². The van der Waals surface area contributed by atoms with E-state index in [4.69, 9.17) is 4.39 Å². The van der Waals surface area contributed by atoms with E-state index < -0.39 is 0 Å². The molecule has 0 heterocycles. The van der Waals surface area contributed by atoms with Gasteiger partial charge in [0.05, 0.1) is 0 Å². The first-order valence-electron chi connectivity index (χ1n) is 4.10. The fraction of sp³-hybridized carbons (Fsp3) is 0.889. The molecule has 0 nitrogen and oxygen atoms in total. The van der Waals surface area contributed by atoms with Gasteiger partial charge in [-0.25, -0.2) is 0 Å². The molecule has 0 atom stereocenters. The molecule has 0 aromatic rings. The van der Waals surface area contributed by atoms with E-state index in [0.717, 1.165) is 0 Å². The van der Waals surface area contributed by atoms with Crippen molar-refractivity contribution >= 4 is 0 Å². The van der Waals surface area contributed by atoms with Gasteiger partial charge < -0.3 is 50.9 Å². The van der Waals surface area contributed by atoms with Crippen LogP contribution in [-0.4, -0.2) is 0 Å². The molecule has 0 amide bonds. The first-order valence-corrected chi connectivity index (χ1v) is 4.10.